The minimum absolute atomic E-state index is 0.310. The zero-order valence-electron chi connectivity index (χ0n) is 12.6. The third-order valence-electron chi connectivity index (χ3n) is 4.04. The molecule has 0 amide bonds. The van der Waals surface area contributed by atoms with Gasteiger partial charge in [0.1, 0.15) is 10.8 Å². The van der Waals surface area contributed by atoms with Crippen molar-refractivity contribution in [2.24, 2.45) is 0 Å². The van der Waals surface area contributed by atoms with E-state index in [0.29, 0.717) is 12.0 Å². The van der Waals surface area contributed by atoms with E-state index < -0.39 is 0 Å². The van der Waals surface area contributed by atoms with Crippen molar-refractivity contribution in [2.45, 2.75) is 38.6 Å². The van der Waals surface area contributed by atoms with E-state index in [1.54, 1.807) is 0 Å². The molecule has 2 heterocycles. The molecule has 1 aromatic heterocycles. The van der Waals surface area contributed by atoms with E-state index in [2.05, 4.69) is 42.3 Å². The summed E-state index contributed by atoms with van der Waals surface area (Å²) in [6.07, 6.45) is 4.15. The standard InChI is InChI=1S/C17H22N2OS/c1-3-14-11-19-17(21-14)12(2)18-10-13-8-9-20-16-7-5-4-6-15(13)16/h4-7,11-13,18H,3,8-10H2,1-2H3. The molecule has 0 saturated carbocycles. The molecule has 112 valence electrons. The normalized spacial score (nSPS) is 18.9. The molecule has 3 rings (SSSR count). The fraction of sp³-hybridized carbons (Fsp3) is 0.471. The highest BCUT2D eigenvalue weighted by Gasteiger charge is 2.21. The van der Waals surface area contributed by atoms with Gasteiger partial charge < -0.3 is 10.1 Å². The predicted octanol–water partition coefficient (Wildman–Crippen LogP) is 3.92. The van der Waals surface area contributed by atoms with Crippen LogP contribution in [-0.2, 0) is 6.42 Å². The molecule has 1 N–H and O–H groups in total. The molecule has 2 aromatic rings. The van der Waals surface area contributed by atoms with E-state index >= 15 is 0 Å². The number of ether oxygens (including phenoxy) is 1. The van der Waals surface area contributed by atoms with E-state index in [9.17, 15) is 0 Å². The molecule has 0 spiro atoms. The molecule has 3 nitrogen and oxygen atoms in total. The summed E-state index contributed by atoms with van der Waals surface area (Å²) >= 11 is 1.81. The first-order valence-corrected chi connectivity index (χ1v) is 8.49. The molecule has 0 radical (unpaired) electrons. The average Bonchev–Trinajstić information content (AvgIpc) is 3.01. The Balaban J connectivity index is 1.63. The first-order chi connectivity index (χ1) is 10.3. The van der Waals surface area contributed by atoms with Gasteiger partial charge in [-0.1, -0.05) is 25.1 Å². The van der Waals surface area contributed by atoms with E-state index in [1.807, 2.05) is 23.6 Å². The molecule has 0 aliphatic carbocycles. The van der Waals surface area contributed by atoms with Gasteiger partial charge in [0, 0.05) is 23.5 Å². The molecular weight excluding hydrogens is 280 g/mol. The molecular formula is C17H22N2OS. The number of para-hydroxylation sites is 1. The second-order valence-corrected chi connectivity index (χ2v) is 6.67. The van der Waals surface area contributed by atoms with Crippen molar-refractivity contribution < 1.29 is 4.74 Å². The molecule has 0 fully saturated rings. The smallest absolute Gasteiger partial charge is 0.122 e. The number of nitrogens with one attached hydrogen (secondary N) is 1. The summed E-state index contributed by atoms with van der Waals surface area (Å²) in [6, 6.07) is 8.70. The van der Waals surface area contributed by atoms with Crippen LogP contribution in [0, 0.1) is 0 Å². The van der Waals surface area contributed by atoms with Gasteiger partial charge in [0.05, 0.1) is 12.6 Å². The minimum Gasteiger partial charge on any atom is -0.493 e. The first-order valence-electron chi connectivity index (χ1n) is 7.67. The van der Waals surface area contributed by atoms with Gasteiger partial charge in [0.2, 0.25) is 0 Å². The lowest BCUT2D eigenvalue weighted by Crippen LogP contribution is -2.27. The van der Waals surface area contributed by atoms with Crippen molar-refractivity contribution in [1.29, 1.82) is 0 Å². The summed E-state index contributed by atoms with van der Waals surface area (Å²) in [4.78, 5) is 5.88. The summed E-state index contributed by atoms with van der Waals surface area (Å²) in [6.45, 7) is 6.16. The SMILES string of the molecule is CCc1cnc(C(C)NCC2CCOc3ccccc32)s1. The second-order valence-electron chi connectivity index (χ2n) is 5.52. The largest absolute Gasteiger partial charge is 0.493 e. The average molecular weight is 302 g/mol. The van der Waals surface area contributed by atoms with E-state index in [-0.39, 0.29) is 0 Å². The van der Waals surface area contributed by atoms with Crippen LogP contribution in [0.25, 0.3) is 0 Å². The zero-order chi connectivity index (χ0) is 14.7. The van der Waals surface area contributed by atoms with Crippen molar-refractivity contribution in [2.75, 3.05) is 13.2 Å². The summed E-state index contributed by atoms with van der Waals surface area (Å²) in [5, 5.41) is 4.83. The Morgan fingerprint density at radius 1 is 1.43 bits per heavy atom. The molecule has 0 bridgehead atoms. The van der Waals surface area contributed by atoms with Crippen molar-refractivity contribution in [1.82, 2.24) is 10.3 Å². The van der Waals surface area contributed by atoms with Crippen LogP contribution in [0.1, 0.15) is 47.7 Å². The number of hydrogen-bond donors (Lipinski definition) is 1. The van der Waals surface area contributed by atoms with Gasteiger partial charge in [0.25, 0.3) is 0 Å². The molecule has 21 heavy (non-hydrogen) atoms. The molecule has 1 aliphatic rings. The topological polar surface area (TPSA) is 34.2 Å². The highest BCUT2D eigenvalue weighted by molar-refractivity contribution is 7.11. The Hall–Kier alpha value is -1.39. The van der Waals surface area contributed by atoms with Crippen LogP contribution in [0.3, 0.4) is 0 Å². The Morgan fingerprint density at radius 2 is 2.29 bits per heavy atom. The van der Waals surface area contributed by atoms with Crippen LogP contribution in [-0.4, -0.2) is 18.1 Å². The van der Waals surface area contributed by atoms with Crippen molar-refractivity contribution in [3.05, 3.63) is 45.9 Å². The number of fused-ring (bicyclic) bond motifs is 1. The van der Waals surface area contributed by atoms with Gasteiger partial charge in [-0.3, -0.25) is 0 Å². The van der Waals surface area contributed by atoms with Crippen molar-refractivity contribution >= 4 is 11.3 Å². The highest BCUT2D eigenvalue weighted by atomic mass is 32.1. The van der Waals surface area contributed by atoms with Crippen LogP contribution in [0.2, 0.25) is 0 Å². The Morgan fingerprint density at radius 3 is 3.10 bits per heavy atom. The maximum Gasteiger partial charge on any atom is 0.122 e. The lowest BCUT2D eigenvalue weighted by molar-refractivity contribution is 0.263. The van der Waals surface area contributed by atoms with Gasteiger partial charge in [-0.15, -0.1) is 11.3 Å². The molecule has 1 aromatic carbocycles. The molecule has 0 saturated heterocycles. The number of aryl methyl sites for hydroxylation is 1. The lowest BCUT2D eigenvalue weighted by Gasteiger charge is -2.27. The van der Waals surface area contributed by atoms with Gasteiger partial charge >= 0.3 is 0 Å². The Kier molecular flexibility index (Phi) is 4.56. The Labute approximate surface area is 130 Å². The quantitative estimate of drug-likeness (QED) is 0.909. The number of aromatic nitrogens is 1. The van der Waals surface area contributed by atoms with Gasteiger partial charge in [-0.25, -0.2) is 4.98 Å². The maximum atomic E-state index is 5.72. The number of hydrogen-bond acceptors (Lipinski definition) is 4. The third kappa shape index (κ3) is 3.27. The number of nitrogens with zero attached hydrogens (tertiary/aromatic N) is 1. The minimum atomic E-state index is 0.310. The van der Waals surface area contributed by atoms with E-state index in [1.165, 1.54) is 15.4 Å². The number of benzene rings is 1. The fourth-order valence-corrected chi connectivity index (χ4v) is 3.60. The Bertz CT molecular complexity index is 596. The van der Waals surface area contributed by atoms with E-state index in [4.69, 9.17) is 4.74 Å². The van der Waals surface area contributed by atoms with Crippen LogP contribution in [0.5, 0.6) is 5.75 Å². The first kappa shape index (κ1) is 14.5. The second kappa shape index (κ2) is 6.58. The summed E-state index contributed by atoms with van der Waals surface area (Å²) in [7, 11) is 0. The van der Waals surface area contributed by atoms with Crippen LogP contribution >= 0.6 is 11.3 Å². The number of thiazole rings is 1. The summed E-state index contributed by atoms with van der Waals surface area (Å²) in [5.74, 6) is 1.58. The number of rotatable bonds is 5. The maximum absolute atomic E-state index is 5.72. The predicted molar refractivity (Wildman–Crippen MR) is 87.2 cm³/mol. The van der Waals surface area contributed by atoms with Gasteiger partial charge in [0.15, 0.2) is 0 Å². The van der Waals surface area contributed by atoms with Crippen LogP contribution < -0.4 is 10.1 Å². The summed E-state index contributed by atoms with van der Waals surface area (Å²) < 4.78 is 5.72. The van der Waals surface area contributed by atoms with Crippen LogP contribution in [0.15, 0.2) is 30.5 Å². The zero-order valence-corrected chi connectivity index (χ0v) is 13.5. The monoisotopic (exact) mass is 302 g/mol. The lowest BCUT2D eigenvalue weighted by atomic mass is 9.93. The fourth-order valence-electron chi connectivity index (χ4n) is 2.72. The van der Waals surface area contributed by atoms with Crippen LogP contribution in [0.4, 0.5) is 0 Å². The van der Waals surface area contributed by atoms with Crippen molar-refractivity contribution in [3.8, 4) is 5.75 Å². The molecule has 2 unspecified atom stereocenters. The van der Waals surface area contributed by atoms with Gasteiger partial charge in [-0.05, 0) is 31.4 Å². The molecule has 1 aliphatic heterocycles. The highest BCUT2D eigenvalue weighted by Crippen LogP contribution is 2.33. The van der Waals surface area contributed by atoms with Gasteiger partial charge in [-0.2, -0.15) is 0 Å². The summed E-state index contributed by atoms with van der Waals surface area (Å²) in [5.41, 5.74) is 1.33. The van der Waals surface area contributed by atoms with E-state index in [0.717, 1.165) is 31.7 Å². The molecule has 2 atom stereocenters. The third-order valence-corrected chi connectivity index (χ3v) is 5.37. The molecule has 4 heteroatoms. The van der Waals surface area contributed by atoms with Crippen molar-refractivity contribution in [3.63, 3.8) is 0 Å².